The second kappa shape index (κ2) is 6.70. The Morgan fingerprint density at radius 2 is 2.04 bits per heavy atom. The van der Waals surface area contributed by atoms with Gasteiger partial charge in [0.1, 0.15) is 0 Å². The second-order valence-corrected chi connectivity index (χ2v) is 5.77. The number of carbonyl (C=O) groups excluding carboxylic acids is 1. The first-order valence-corrected chi connectivity index (χ1v) is 7.80. The first-order valence-electron chi connectivity index (χ1n) is 7.80. The lowest BCUT2D eigenvalue weighted by atomic mass is 10.1. The molecular weight excluding hydrogens is 351 g/mol. The van der Waals surface area contributed by atoms with E-state index in [1.165, 1.54) is 0 Å². The van der Waals surface area contributed by atoms with E-state index in [1.54, 1.807) is 6.20 Å². The highest BCUT2D eigenvalue weighted by Gasteiger charge is 2.37. The van der Waals surface area contributed by atoms with Crippen LogP contribution in [0.2, 0.25) is 0 Å². The number of benzene rings is 1. The third-order valence-electron chi connectivity index (χ3n) is 3.97. The van der Waals surface area contributed by atoms with Crippen LogP contribution in [0.1, 0.15) is 11.4 Å². The molecule has 0 aliphatic heterocycles. The van der Waals surface area contributed by atoms with Gasteiger partial charge in [0.15, 0.2) is 0 Å². The molecule has 1 amide bonds. The van der Waals surface area contributed by atoms with E-state index >= 15 is 0 Å². The Bertz CT molecular complexity index is 999. The Hall–Kier alpha value is -3.04. The predicted molar refractivity (Wildman–Crippen MR) is 87.5 cm³/mol. The van der Waals surface area contributed by atoms with E-state index in [-0.39, 0.29) is 25.4 Å². The van der Waals surface area contributed by atoms with Crippen LogP contribution in [0.5, 0.6) is 0 Å². The summed E-state index contributed by atoms with van der Waals surface area (Å²) in [4.78, 5) is 26.9. The fourth-order valence-corrected chi connectivity index (χ4v) is 2.70. The number of nitrogens with zero attached hydrogens (tertiary/aromatic N) is 3. The van der Waals surface area contributed by atoms with E-state index in [0.29, 0.717) is 9.25 Å². The maximum Gasteiger partial charge on any atom is 0.451 e. The highest BCUT2D eigenvalue weighted by atomic mass is 19.4. The number of hydrogen-bond donors (Lipinski definition) is 2. The van der Waals surface area contributed by atoms with Crippen LogP contribution in [0.15, 0.2) is 35.3 Å². The zero-order chi connectivity index (χ0) is 18.9. The molecule has 10 heteroatoms. The van der Waals surface area contributed by atoms with Gasteiger partial charge in [0.25, 0.3) is 0 Å². The van der Waals surface area contributed by atoms with E-state index in [1.807, 2.05) is 24.3 Å². The van der Waals surface area contributed by atoms with Crippen molar-refractivity contribution in [3.63, 3.8) is 0 Å². The number of H-pyrrole nitrogens is 1. The lowest BCUT2D eigenvalue weighted by Crippen LogP contribution is -2.32. The molecule has 138 valence electrons. The Morgan fingerprint density at radius 1 is 1.31 bits per heavy atom. The van der Waals surface area contributed by atoms with Crippen molar-refractivity contribution in [2.75, 3.05) is 6.54 Å². The van der Waals surface area contributed by atoms with Gasteiger partial charge in [-0.25, -0.2) is 9.48 Å². The molecule has 0 fully saturated rings. The number of carbonyl (C=O) groups is 1. The molecule has 2 heterocycles. The minimum Gasteiger partial charge on any atom is -0.361 e. The van der Waals surface area contributed by atoms with Gasteiger partial charge in [0.2, 0.25) is 11.7 Å². The average Bonchev–Trinajstić information content (AvgIpc) is 3.11. The molecule has 2 aromatic heterocycles. The summed E-state index contributed by atoms with van der Waals surface area (Å²) in [5, 5.41) is 6.79. The van der Waals surface area contributed by atoms with Gasteiger partial charge in [0.05, 0.1) is 13.0 Å². The summed E-state index contributed by atoms with van der Waals surface area (Å²) in [7, 11) is 1.00. The quantitative estimate of drug-likeness (QED) is 0.716. The second-order valence-electron chi connectivity index (χ2n) is 5.77. The van der Waals surface area contributed by atoms with E-state index in [4.69, 9.17) is 0 Å². The molecule has 3 rings (SSSR count). The van der Waals surface area contributed by atoms with Gasteiger partial charge < -0.3 is 10.3 Å². The van der Waals surface area contributed by atoms with Crippen molar-refractivity contribution in [3.8, 4) is 0 Å². The summed E-state index contributed by atoms with van der Waals surface area (Å²) >= 11 is 0. The smallest absolute Gasteiger partial charge is 0.361 e. The minimum absolute atomic E-state index is 0.00456. The molecule has 0 unspecified atom stereocenters. The summed E-state index contributed by atoms with van der Waals surface area (Å²) in [6.07, 6.45) is -2.85. The number of halogens is 3. The van der Waals surface area contributed by atoms with Gasteiger partial charge in [-0.1, -0.05) is 18.2 Å². The number of aromatic nitrogens is 4. The minimum atomic E-state index is -4.71. The predicted octanol–water partition coefficient (Wildman–Crippen LogP) is 1.44. The normalized spacial score (nSPS) is 11.8. The number of para-hydroxylation sites is 1. The lowest BCUT2D eigenvalue weighted by Gasteiger charge is -2.04. The number of alkyl halides is 3. The summed E-state index contributed by atoms with van der Waals surface area (Å²) < 4.78 is 39.3. The van der Waals surface area contributed by atoms with Crippen molar-refractivity contribution < 1.29 is 18.0 Å². The van der Waals surface area contributed by atoms with Crippen molar-refractivity contribution in [1.82, 2.24) is 24.6 Å². The Morgan fingerprint density at radius 3 is 2.73 bits per heavy atom. The molecule has 0 spiro atoms. The van der Waals surface area contributed by atoms with E-state index < -0.39 is 17.7 Å². The maximum atomic E-state index is 12.7. The number of aromatic amines is 1. The average molecular weight is 367 g/mol. The molecule has 0 bridgehead atoms. The third kappa shape index (κ3) is 3.48. The number of hydrogen-bond acceptors (Lipinski definition) is 3. The number of rotatable bonds is 5. The van der Waals surface area contributed by atoms with Crippen LogP contribution in [0.25, 0.3) is 10.9 Å². The first-order chi connectivity index (χ1) is 12.3. The first kappa shape index (κ1) is 17.8. The third-order valence-corrected chi connectivity index (χ3v) is 3.97. The molecule has 0 aliphatic rings. The molecule has 1 aromatic carbocycles. The van der Waals surface area contributed by atoms with Gasteiger partial charge in [-0.05, 0) is 11.6 Å². The van der Waals surface area contributed by atoms with Gasteiger partial charge >= 0.3 is 11.9 Å². The molecule has 0 atom stereocenters. The van der Waals surface area contributed by atoms with Crippen molar-refractivity contribution in [1.29, 1.82) is 0 Å². The zero-order valence-electron chi connectivity index (χ0n) is 13.8. The molecule has 7 nitrogen and oxygen atoms in total. The standard InChI is InChI=1S/C16H16F3N5O2/c1-23-14(16(17,18)19)22-24(15(23)26)7-6-20-13(25)8-10-9-21-12-5-3-2-4-11(10)12/h2-5,9,21H,6-8H2,1H3,(H,20,25). The Labute approximate surface area is 145 Å². The molecule has 0 saturated heterocycles. The topological polar surface area (TPSA) is 84.7 Å². The van der Waals surface area contributed by atoms with Crippen molar-refractivity contribution in [3.05, 3.63) is 52.3 Å². The summed E-state index contributed by atoms with van der Waals surface area (Å²) in [6.45, 7) is -0.155. The highest BCUT2D eigenvalue weighted by Crippen LogP contribution is 2.25. The van der Waals surface area contributed by atoms with Crippen LogP contribution in [-0.2, 0) is 31.0 Å². The van der Waals surface area contributed by atoms with Gasteiger partial charge in [-0.2, -0.15) is 13.2 Å². The number of nitrogens with one attached hydrogen (secondary N) is 2. The molecule has 2 N–H and O–H groups in total. The monoisotopic (exact) mass is 367 g/mol. The number of fused-ring (bicyclic) bond motifs is 1. The summed E-state index contributed by atoms with van der Waals surface area (Å²) in [5.41, 5.74) is 0.839. The molecule has 0 saturated carbocycles. The van der Waals surface area contributed by atoms with Gasteiger partial charge in [-0.15, -0.1) is 5.10 Å². The van der Waals surface area contributed by atoms with Crippen LogP contribution in [0, 0.1) is 0 Å². The fraction of sp³-hybridized carbons (Fsp3) is 0.312. The van der Waals surface area contributed by atoms with E-state index in [0.717, 1.165) is 23.5 Å². The summed E-state index contributed by atoms with van der Waals surface area (Å²) in [6, 6.07) is 7.52. The maximum absolute atomic E-state index is 12.7. The van der Waals surface area contributed by atoms with Crippen molar-refractivity contribution in [2.24, 2.45) is 7.05 Å². The molecular formula is C16H16F3N5O2. The van der Waals surface area contributed by atoms with E-state index in [2.05, 4.69) is 15.4 Å². The van der Waals surface area contributed by atoms with Crippen LogP contribution >= 0.6 is 0 Å². The lowest BCUT2D eigenvalue weighted by molar-refractivity contribution is -0.147. The van der Waals surface area contributed by atoms with Crippen molar-refractivity contribution >= 4 is 16.8 Å². The van der Waals surface area contributed by atoms with Crippen LogP contribution in [-0.4, -0.2) is 31.8 Å². The Kier molecular flexibility index (Phi) is 4.58. The largest absolute Gasteiger partial charge is 0.451 e. The Balaban J connectivity index is 1.60. The molecule has 0 aliphatic carbocycles. The molecule has 3 aromatic rings. The van der Waals surface area contributed by atoms with E-state index in [9.17, 15) is 22.8 Å². The molecule has 26 heavy (non-hydrogen) atoms. The van der Waals surface area contributed by atoms with Gasteiger partial charge in [-0.3, -0.25) is 9.36 Å². The van der Waals surface area contributed by atoms with Crippen LogP contribution < -0.4 is 11.0 Å². The SMILES string of the molecule is Cn1c(C(F)(F)F)nn(CCNC(=O)Cc2c[nH]c3ccccc23)c1=O. The zero-order valence-corrected chi connectivity index (χ0v) is 13.8. The summed E-state index contributed by atoms with van der Waals surface area (Å²) in [5.74, 6) is -1.57. The van der Waals surface area contributed by atoms with Crippen molar-refractivity contribution in [2.45, 2.75) is 19.1 Å². The van der Waals surface area contributed by atoms with Gasteiger partial charge in [0, 0.05) is 30.7 Å². The molecule has 0 radical (unpaired) electrons. The number of amides is 1. The fourth-order valence-electron chi connectivity index (χ4n) is 2.70. The highest BCUT2D eigenvalue weighted by molar-refractivity contribution is 5.88. The van der Waals surface area contributed by atoms with Crippen LogP contribution in [0.4, 0.5) is 13.2 Å². The van der Waals surface area contributed by atoms with Crippen LogP contribution in [0.3, 0.4) is 0 Å².